The van der Waals surface area contributed by atoms with E-state index in [9.17, 15) is 10.1 Å². The Bertz CT molecular complexity index is 562. The van der Waals surface area contributed by atoms with Crippen molar-refractivity contribution in [1.29, 1.82) is 5.26 Å². The first-order valence-corrected chi connectivity index (χ1v) is 6.95. The van der Waals surface area contributed by atoms with Crippen LogP contribution in [0.1, 0.15) is 36.1 Å². The van der Waals surface area contributed by atoms with Crippen molar-refractivity contribution in [3.63, 3.8) is 0 Å². The Morgan fingerprint density at radius 2 is 2.25 bits per heavy atom. The van der Waals surface area contributed by atoms with Crippen molar-refractivity contribution < 1.29 is 4.79 Å². The molecule has 0 spiro atoms. The van der Waals surface area contributed by atoms with Crippen LogP contribution in [-0.2, 0) is 4.79 Å². The van der Waals surface area contributed by atoms with Crippen molar-refractivity contribution >= 4 is 11.7 Å². The average molecular weight is 272 g/mol. The number of anilines is 1. The van der Waals surface area contributed by atoms with E-state index in [4.69, 9.17) is 0 Å². The van der Waals surface area contributed by atoms with Gasteiger partial charge in [-0.1, -0.05) is 0 Å². The third kappa shape index (κ3) is 2.60. The van der Waals surface area contributed by atoms with Crippen LogP contribution in [0.2, 0.25) is 0 Å². The number of rotatable bonds is 2. The van der Waals surface area contributed by atoms with Gasteiger partial charge in [-0.05, 0) is 44.7 Å². The molecule has 1 aromatic heterocycles. The fourth-order valence-corrected chi connectivity index (χ4v) is 2.79. The molecule has 20 heavy (non-hydrogen) atoms. The van der Waals surface area contributed by atoms with Gasteiger partial charge < -0.3 is 10.2 Å². The van der Waals surface area contributed by atoms with Crippen molar-refractivity contribution in [3.05, 3.63) is 22.9 Å². The van der Waals surface area contributed by atoms with Gasteiger partial charge in [-0.25, -0.2) is 4.98 Å². The van der Waals surface area contributed by atoms with Crippen LogP contribution in [0.5, 0.6) is 0 Å². The van der Waals surface area contributed by atoms with Crippen LogP contribution in [0.15, 0.2) is 6.07 Å². The van der Waals surface area contributed by atoms with E-state index in [0.29, 0.717) is 11.4 Å². The summed E-state index contributed by atoms with van der Waals surface area (Å²) < 4.78 is 0. The standard InChI is InChI=1S/C15H20N4O/c1-10-8-11(2)18-14(12(10)9-16)19-7-5-4-6-13(19)15(20)17-3/h8,13H,4-7H2,1-3H3,(H,17,20). The second-order valence-electron chi connectivity index (χ2n) is 5.21. The lowest BCUT2D eigenvalue weighted by atomic mass is 9.99. The topological polar surface area (TPSA) is 69.0 Å². The van der Waals surface area contributed by atoms with Crippen molar-refractivity contribution in [2.45, 2.75) is 39.2 Å². The molecule has 0 radical (unpaired) electrons. The molecule has 1 fully saturated rings. The number of nitrogens with one attached hydrogen (secondary N) is 1. The molecule has 0 bridgehead atoms. The summed E-state index contributed by atoms with van der Waals surface area (Å²) in [5, 5.41) is 12.1. The molecule has 106 valence electrons. The van der Waals surface area contributed by atoms with Crippen LogP contribution in [0, 0.1) is 25.2 Å². The van der Waals surface area contributed by atoms with E-state index in [1.165, 1.54) is 0 Å². The molecule has 2 rings (SSSR count). The molecule has 1 aliphatic rings. The molecule has 1 unspecified atom stereocenters. The molecule has 1 N–H and O–H groups in total. The molecule has 1 atom stereocenters. The number of hydrogen-bond donors (Lipinski definition) is 1. The Morgan fingerprint density at radius 1 is 1.50 bits per heavy atom. The molecule has 1 aliphatic heterocycles. The van der Waals surface area contributed by atoms with Gasteiger partial charge >= 0.3 is 0 Å². The number of pyridine rings is 1. The highest BCUT2D eigenvalue weighted by Gasteiger charge is 2.30. The van der Waals surface area contributed by atoms with Gasteiger partial charge in [0.05, 0.1) is 5.56 Å². The van der Waals surface area contributed by atoms with Crippen LogP contribution in [-0.4, -0.2) is 30.5 Å². The van der Waals surface area contributed by atoms with E-state index in [1.807, 2.05) is 24.8 Å². The fraction of sp³-hybridized carbons (Fsp3) is 0.533. The van der Waals surface area contributed by atoms with Gasteiger partial charge in [0.2, 0.25) is 5.91 Å². The number of carbonyl (C=O) groups excluding carboxylic acids is 1. The van der Waals surface area contributed by atoms with Gasteiger partial charge in [-0.15, -0.1) is 0 Å². The van der Waals surface area contributed by atoms with E-state index in [-0.39, 0.29) is 11.9 Å². The molecule has 1 aromatic rings. The summed E-state index contributed by atoms with van der Waals surface area (Å²) in [5.41, 5.74) is 2.36. The lowest BCUT2D eigenvalue weighted by molar-refractivity contribution is -0.122. The molecule has 0 saturated carbocycles. The summed E-state index contributed by atoms with van der Waals surface area (Å²) in [6, 6.07) is 3.91. The fourth-order valence-electron chi connectivity index (χ4n) is 2.79. The van der Waals surface area contributed by atoms with Crippen LogP contribution in [0.25, 0.3) is 0 Å². The Kier molecular flexibility index (Phi) is 4.23. The Morgan fingerprint density at radius 3 is 2.90 bits per heavy atom. The van der Waals surface area contributed by atoms with E-state index >= 15 is 0 Å². The number of likely N-dealkylation sites (N-methyl/N-ethyl adjacent to an activating group) is 1. The number of hydrogen-bond acceptors (Lipinski definition) is 4. The number of piperidine rings is 1. The van der Waals surface area contributed by atoms with Crippen LogP contribution < -0.4 is 10.2 Å². The summed E-state index contributed by atoms with van der Waals surface area (Å²) in [4.78, 5) is 18.6. The first kappa shape index (κ1) is 14.3. The minimum atomic E-state index is -0.227. The maximum atomic E-state index is 12.1. The number of nitrogens with zero attached hydrogens (tertiary/aromatic N) is 3. The van der Waals surface area contributed by atoms with E-state index < -0.39 is 0 Å². The van der Waals surface area contributed by atoms with E-state index in [0.717, 1.165) is 37.1 Å². The Hall–Kier alpha value is -2.09. The van der Waals surface area contributed by atoms with E-state index in [2.05, 4.69) is 16.4 Å². The number of carbonyl (C=O) groups is 1. The molecule has 5 nitrogen and oxygen atoms in total. The highest BCUT2D eigenvalue weighted by atomic mass is 16.2. The maximum Gasteiger partial charge on any atom is 0.242 e. The first-order chi connectivity index (χ1) is 9.58. The quantitative estimate of drug-likeness (QED) is 0.889. The maximum absolute atomic E-state index is 12.1. The van der Waals surface area contributed by atoms with Crippen molar-refractivity contribution in [3.8, 4) is 6.07 Å². The predicted molar refractivity (Wildman–Crippen MR) is 77.5 cm³/mol. The average Bonchev–Trinajstić information content (AvgIpc) is 2.45. The van der Waals surface area contributed by atoms with Crippen molar-refractivity contribution in [2.75, 3.05) is 18.5 Å². The van der Waals surface area contributed by atoms with Crippen LogP contribution in [0.3, 0.4) is 0 Å². The molecule has 0 aromatic carbocycles. The zero-order chi connectivity index (χ0) is 14.7. The molecule has 2 heterocycles. The molecule has 0 aliphatic carbocycles. The SMILES string of the molecule is CNC(=O)C1CCCCN1c1nc(C)cc(C)c1C#N. The summed E-state index contributed by atoms with van der Waals surface area (Å²) in [6.07, 6.45) is 2.85. The lowest BCUT2D eigenvalue weighted by Gasteiger charge is -2.36. The third-order valence-corrected chi connectivity index (χ3v) is 3.76. The largest absolute Gasteiger partial charge is 0.357 e. The minimum Gasteiger partial charge on any atom is -0.357 e. The molecule has 1 amide bonds. The molecule has 5 heteroatoms. The second-order valence-corrected chi connectivity index (χ2v) is 5.21. The van der Waals surface area contributed by atoms with Gasteiger partial charge in [-0.3, -0.25) is 4.79 Å². The number of aromatic nitrogens is 1. The van der Waals surface area contributed by atoms with Gasteiger partial charge in [0, 0.05) is 19.3 Å². The molecular formula is C15H20N4O. The Labute approximate surface area is 119 Å². The van der Waals surface area contributed by atoms with Crippen LogP contribution >= 0.6 is 0 Å². The smallest absolute Gasteiger partial charge is 0.242 e. The summed E-state index contributed by atoms with van der Waals surface area (Å²) in [6.45, 7) is 4.59. The first-order valence-electron chi connectivity index (χ1n) is 6.95. The zero-order valence-corrected chi connectivity index (χ0v) is 12.2. The third-order valence-electron chi connectivity index (χ3n) is 3.76. The number of nitriles is 1. The van der Waals surface area contributed by atoms with Gasteiger partial charge in [0.25, 0.3) is 0 Å². The zero-order valence-electron chi connectivity index (χ0n) is 12.2. The summed E-state index contributed by atoms with van der Waals surface area (Å²) >= 11 is 0. The predicted octanol–water partition coefficient (Wildman–Crippen LogP) is 1.68. The van der Waals surface area contributed by atoms with Gasteiger partial charge in [-0.2, -0.15) is 5.26 Å². The minimum absolute atomic E-state index is 0.00505. The van der Waals surface area contributed by atoms with E-state index in [1.54, 1.807) is 7.05 Å². The highest BCUT2D eigenvalue weighted by Crippen LogP contribution is 2.28. The molecular weight excluding hydrogens is 252 g/mol. The lowest BCUT2D eigenvalue weighted by Crippen LogP contribution is -2.49. The van der Waals surface area contributed by atoms with Crippen LogP contribution in [0.4, 0.5) is 5.82 Å². The summed E-state index contributed by atoms with van der Waals surface area (Å²) in [5.74, 6) is 0.646. The second kappa shape index (κ2) is 5.91. The molecule has 1 saturated heterocycles. The highest BCUT2D eigenvalue weighted by molar-refractivity contribution is 5.85. The normalized spacial score (nSPS) is 18.5. The van der Waals surface area contributed by atoms with Gasteiger partial charge in [0.1, 0.15) is 17.9 Å². The monoisotopic (exact) mass is 272 g/mol. The van der Waals surface area contributed by atoms with Crippen molar-refractivity contribution in [1.82, 2.24) is 10.3 Å². The summed E-state index contributed by atoms with van der Waals surface area (Å²) in [7, 11) is 1.65. The Balaban J connectivity index is 2.47. The van der Waals surface area contributed by atoms with Crippen molar-refractivity contribution in [2.24, 2.45) is 0 Å². The number of amides is 1. The van der Waals surface area contributed by atoms with Gasteiger partial charge in [0.15, 0.2) is 0 Å². The number of aryl methyl sites for hydroxylation is 2.